The van der Waals surface area contributed by atoms with Gasteiger partial charge in [0.2, 0.25) is 0 Å². The van der Waals surface area contributed by atoms with Gasteiger partial charge in [-0.3, -0.25) is 0 Å². The topological polar surface area (TPSA) is 37.8 Å². The molecule has 2 atom stereocenters. The Morgan fingerprint density at radius 3 is 2.65 bits per heavy atom. The Balaban J connectivity index is 2.28. The minimum Gasteiger partial charge on any atom is -0.369 e. The molecular formula is C16H26IN3. The molecule has 2 rings (SSSR count). The SMILES string of the molecule is CCNc1nc(C2CCCC(CC)C2)nc(CC)c1I. The zero-order chi connectivity index (χ0) is 14.5. The van der Waals surface area contributed by atoms with Crippen LogP contribution in [0.15, 0.2) is 0 Å². The van der Waals surface area contributed by atoms with E-state index in [9.17, 15) is 0 Å². The van der Waals surface area contributed by atoms with Crippen LogP contribution in [0.2, 0.25) is 0 Å². The molecule has 1 fully saturated rings. The third-order valence-electron chi connectivity index (χ3n) is 4.34. The molecule has 1 heterocycles. The van der Waals surface area contributed by atoms with Crippen molar-refractivity contribution in [3.05, 3.63) is 15.1 Å². The van der Waals surface area contributed by atoms with Crippen molar-refractivity contribution in [2.24, 2.45) is 5.92 Å². The average Bonchev–Trinajstić information content (AvgIpc) is 2.49. The first-order valence-electron chi connectivity index (χ1n) is 7.99. The molecule has 1 saturated carbocycles. The summed E-state index contributed by atoms with van der Waals surface area (Å²) in [6.07, 6.45) is 7.52. The Bertz CT molecular complexity index is 448. The van der Waals surface area contributed by atoms with E-state index in [1.165, 1.54) is 41.4 Å². The van der Waals surface area contributed by atoms with E-state index in [0.29, 0.717) is 5.92 Å². The van der Waals surface area contributed by atoms with Crippen LogP contribution < -0.4 is 5.32 Å². The minimum absolute atomic E-state index is 0.563. The smallest absolute Gasteiger partial charge is 0.143 e. The molecule has 0 aliphatic heterocycles. The second-order valence-electron chi connectivity index (χ2n) is 5.71. The van der Waals surface area contributed by atoms with Crippen molar-refractivity contribution in [1.29, 1.82) is 0 Å². The van der Waals surface area contributed by atoms with E-state index in [4.69, 9.17) is 9.97 Å². The van der Waals surface area contributed by atoms with Crippen molar-refractivity contribution < 1.29 is 0 Å². The first kappa shape index (κ1) is 16.0. The van der Waals surface area contributed by atoms with Gasteiger partial charge in [-0.2, -0.15) is 0 Å². The standard InChI is InChI=1S/C16H26IN3/c1-4-11-8-7-9-12(10-11)15-19-13(5-2)14(17)16(20-15)18-6-3/h11-12H,4-10H2,1-3H3,(H,18,19,20). The van der Waals surface area contributed by atoms with E-state index >= 15 is 0 Å². The number of anilines is 1. The minimum atomic E-state index is 0.563. The lowest BCUT2D eigenvalue weighted by Gasteiger charge is -2.28. The molecule has 0 bridgehead atoms. The highest BCUT2D eigenvalue weighted by Gasteiger charge is 2.25. The fourth-order valence-corrected chi connectivity index (χ4v) is 3.92. The molecule has 1 N–H and O–H groups in total. The lowest BCUT2D eigenvalue weighted by atomic mass is 9.80. The van der Waals surface area contributed by atoms with Crippen LogP contribution in [-0.4, -0.2) is 16.5 Å². The molecule has 1 aromatic heterocycles. The number of rotatable bonds is 5. The predicted molar refractivity (Wildman–Crippen MR) is 93.3 cm³/mol. The molecule has 0 saturated heterocycles. The summed E-state index contributed by atoms with van der Waals surface area (Å²) >= 11 is 2.38. The van der Waals surface area contributed by atoms with Crippen LogP contribution in [-0.2, 0) is 6.42 Å². The quantitative estimate of drug-likeness (QED) is 0.741. The molecule has 1 aliphatic carbocycles. The summed E-state index contributed by atoms with van der Waals surface area (Å²) in [4.78, 5) is 9.70. The number of halogens is 1. The molecule has 1 aliphatic rings. The normalized spacial score (nSPS) is 22.8. The highest BCUT2D eigenvalue weighted by Crippen LogP contribution is 2.37. The van der Waals surface area contributed by atoms with Crippen molar-refractivity contribution in [2.75, 3.05) is 11.9 Å². The number of nitrogens with one attached hydrogen (secondary N) is 1. The average molecular weight is 387 g/mol. The fourth-order valence-electron chi connectivity index (χ4n) is 3.11. The van der Waals surface area contributed by atoms with E-state index in [-0.39, 0.29) is 0 Å². The molecule has 20 heavy (non-hydrogen) atoms. The molecule has 0 radical (unpaired) electrons. The van der Waals surface area contributed by atoms with Gasteiger partial charge in [0.1, 0.15) is 11.6 Å². The van der Waals surface area contributed by atoms with Gasteiger partial charge in [-0.25, -0.2) is 9.97 Å². The fraction of sp³-hybridized carbons (Fsp3) is 0.750. The van der Waals surface area contributed by atoms with Crippen LogP contribution in [0, 0.1) is 9.49 Å². The van der Waals surface area contributed by atoms with E-state index in [1.54, 1.807) is 0 Å². The summed E-state index contributed by atoms with van der Waals surface area (Å²) in [6, 6.07) is 0. The highest BCUT2D eigenvalue weighted by atomic mass is 127. The first-order chi connectivity index (χ1) is 9.69. The van der Waals surface area contributed by atoms with E-state index in [2.05, 4.69) is 48.7 Å². The van der Waals surface area contributed by atoms with Gasteiger partial charge in [-0.15, -0.1) is 0 Å². The predicted octanol–water partition coefficient (Wildman–Crippen LogP) is 4.76. The van der Waals surface area contributed by atoms with Crippen LogP contribution in [0.1, 0.15) is 70.3 Å². The summed E-state index contributed by atoms with van der Waals surface area (Å²) in [5, 5.41) is 3.40. The Morgan fingerprint density at radius 2 is 2.00 bits per heavy atom. The Morgan fingerprint density at radius 1 is 1.20 bits per heavy atom. The molecule has 112 valence electrons. The zero-order valence-corrected chi connectivity index (χ0v) is 15.0. The van der Waals surface area contributed by atoms with Gasteiger partial charge in [0.05, 0.1) is 9.26 Å². The summed E-state index contributed by atoms with van der Waals surface area (Å²) in [5.74, 6) is 3.54. The molecule has 2 unspecified atom stereocenters. The molecular weight excluding hydrogens is 361 g/mol. The molecule has 4 heteroatoms. The number of nitrogens with zero attached hydrogens (tertiary/aromatic N) is 2. The number of aryl methyl sites for hydroxylation is 1. The molecule has 0 spiro atoms. The summed E-state index contributed by atoms with van der Waals surface area (Å²) < 4.78 is 1.19. The van der Waals surface area contributed by atoms with Gasteiger partial charge in [0, 0.05) is 12.5 Å². The Labute approximate surface area is 136 Å². The van der Waals surface area contributed by atoms with Crippen LogP contribution >= 0.6 is 22.6 Å². The summed E-state index contributed by atoms with van der Waals surface area (Å²) in [6.45, 7) is 7.53. The molecule has 1 aromatic rings. The monoisotopic (exact) mass is 387 g/mol. The van der Waals surface area contributed by atoms with E-state index < -0.39 is 0 Å². The maximum atomic E-state index is 4.87. The van der Waals surface area contributed by atoms with Crippen molar-refractivity contribution in [1.82, 2.24) is 9.97 Å². The molecule has 3 nitrogen and oxygen atoms in total. The van der Waals surface area contributed by atoms with Gasteiger partial charge in [0.15, 0.2) is 0 Å². The molecule has 0 amide bonds. The van der Waals surface area contributed by atoms with Gasteiger partial charge < -0.3 is 5.32 Å². The van der Waals surface area contributed by atoms with Crippen LogP contribution in [0.4, 0.5) is 5.82 Å². The van der Waals surface area contributed by atoms with Crippen LogP contribution in [0.5, 0.6) is 0 Å². The second kappa shape index (κ2) is 7.57. The second-order valence-corrected chi connectivity index (χ2v) is 6.79. The maximum absolute atomic E-state index is 4.87. The first-order valence-corrected chi connectivity index (χ1v) is 9.07. The van der Waals surface area contributed by atoms with E-state index in [0.717, 1.165) is 30.5 Å². The lowest BCUT2D eigenvalue weighted by molar-refractivity contribution is 0.307. The van der Waals surface area contributed by atoms with E-state index in [1.807, 2.05) is 0 Å². The Kier molecular flexibility index (Phi) is 6.05. The summed E-state index contributed by atoms with van der Waals surface area (Å²) in [7, 11) is 0. The highest BCUT2D eigenvalue weighted by molar-refractivity contribution is 14.1. The number of aromatic nitrogens is 2. The third-order valence-corrected chi connectivity index (χ3v) is 5.48. The third kappa shape index (κ3) is 3.62. The van der Waals surface area contributed by atoms with Crippen LogP contribution in [0.25, 0.3) is 0 Å². The zero-order valence-electron chi connectivity index (χ0n) is 12.9. The van der Waals surface area contributed by atoms with Crippen molar-refractivity contribution in [2.45, 2.75) is 65.2 Å². The van der Waals surface area contributed by atoms with Crippen molar-refractivity contribution in [3.8, 4) is 0 Å². The maximum Gasteiger partial charge on any atom is 0.143 e. The van der Waals surface area contributed by atoms with Gasteiger partial charge in [-0.05, 0) is 54.7 Å². The van der Waals surface area contributed by atoms with Gasteiger partial charge in [0.25, 0.3) is 0 Å². The summed E-state index contributed by atoms with van der Waals surface area (Å²) in [5.41, 5.74) is 1.20. The van der Waals surface area contributed by atoms with Crippen molar-refractivity contribution in [3.63, 3.8) is 0 Å². The lowest BCUT2D eigenvalue weighted by Crippen LogP contribution is -2.18. The molecule has 0 aromatic carbocycles. The van der Waals surface area contributed by atoms with Gasteiger partial charge in [-0.1, -0.05) is 33.1 Å². The number of hydrogen-bond acceptors (Lipinski definition) is 3. The largest absolute Gasteiger partial charge is 0.369 e. The van der Waals surface area contributed by atoms with Crippen molar-refractivity contribution >= 4 is 28.4 Å². The Hall–Kier alpha value is -0.390. The number of hydrogen-bond donors (Lipinski definition) is 1. The van der Waals surface area contributed by atoms with Crippen LogP contribution in [0.3, 0.4) is 0 Å². The van der Waals surface area contributed by atoms with Gasteiger partial charge >= 0.3 is 0 Å².